The zero-order chi connectivity index (χ0) is 13.9. The molecule has 1 aliphatic carbocycles. The Morgan fingerprint density at radius 3 is 2.63 bits per heavy atom. The van der Waals surface area contributed by atoms with Gasteiger partial charge in [0.25, 0.3) is 0 Å². The van der Waals surface area contributed by atoms with Crippen LogP contribution in [0.4, 0.5) is 0 Å². The van der Waals surface area contributed by atoms with Gasteiger partial charge in [-0.2, -0.15) is 0 Å². The van der Waals surface area contributed by atoms with E-state index >= 15 is 0 Å². The van der Waals surface area contributed by atoms with Gasteiger partial charge in [0.2, 0.25) is 0 Å². The SMILES string of the molecule is CCOc1ccc(Br)cc1C(O)C1(C)CCCCC1. The smallest absolute Gasteiger partial charge is 0.125 e. The first kappa shape index (κ1) is 14.9. The summed E-state index contributed by atoms with van der Waals surface area (Å²) in [7, 11) is 0. The molecule has 1 unspecified atom stereocenters. The lowest BCUT2D eigenvalue weighted by Gasteiger charge is -2.38. The lowest BCUT2D eigenvalue weighted by Crippen LogP contribution is -2.28. The highest BCUT2D eigenvalue weighted by molar-refractivity contribution is 9.10. The van der Waals surface area contributed by atoms with Crippen LogP contribution in [0.15, 0.2) is 22.7 Å². The van der Waals surface area contributed by atoms with Gasteiger partial charge < -0.3 is 9.84 Å². The van der Waals surface area contributed by atoms with Crippen LogP contribution < -0.4 is 4.74 Å². The molecule has 0 saturated heterocycles. The Morgan fingerprint density at radius 2 is 2.00 bits per heavy atom. The molecule has 1 fully saturated rings. The van der Waals surface area contributed by atoms with Crippen molar-refractivity contribution < 1.29 is 9.84 Å². The third kappa shape index (κ3) is 3.32. The highest BCUT2D eigenvalue weighted by Crippen LogP contribution is 2.47. The number of hydrogen-bond donors (Lipinski definition) is 1. The summed E-state index contributed by atoms with van der Waals surface area (Å²) in [5, 5.41) is 10.8. The number of benzene rings is 1. The van der Waals surface area contributed by atoms with Crippen LogP contribution in [-0.2, 0) is 0 Å². The summed E-state index contributed by atoms with van der Waals surface area (Å²) in [6.45, 7) is 4.80. The molecule has 3 heteroatoms. The van der Waals surface area contributed by atoms with Gasteiger partial charge in [-0.05, 0) is 43.4 Å². The van der Waals surface area contributed by atoms with E-state index in [1.165, 1.54) is 19.3 Å². The maximum absolute atomic E-state index is 10.8. The van der Waals surface area contributed by atoms with Crippen LogP contribution in [0.1, 0.15) is 57.6 Å². The van der Waals surface area contributed by atoms with E-state index in [0.29, 0.717) is 6.61 Å². The summed E-state index contributed by atoms with van der Waals surface area (Å²) in [6, 6.07) is 5.90. The summed E-state index contributed by atoms with van der Waals surface area (Å²) < 4.78 is 6.66. The van der Waals surface area contributed by atoms with Crippen LogP contribution in [0, 0.1) is 5.41 Å². The molecule has 0 aromatic heterocycles. The van der Waals surface area contributed by atoms with Crippen LogP contribution >= 0.6 is 15.9 Å². The second-order valence-electron chi connectivity index (χ2n) is 5.73. The number of halogens is 1. The van der Waals surface area contributed by atoms with E-state index < -0.39 is 6.10 Å². The van der Waals surface area contributed by atoms with E-state index in [0.717, 1.165) is 28.6 Å². The molecule has 1 saturated carbocycles. The largest absolute Gasteiger partial charge is 0.493 e. The quantitative estimate of drug-likeness (QED) is 0.856. The molecule has 1 aromatic carbocycles. The zero-order valence-electron chi connectivity index (χ0n) is 11.8. The first-order valence-corrected chi connectivity index (χ1v) is 7.96. The molecule has 1 aliphatic rings. The molecule has 1 N–H and O–H groups in total. The first-order valence-electron chi connectivity index (χ1n) is 7.17. The molecule has 0 bridgehead atoms. The highest BCUT2D eigenvalue weighted by atomic mass is 79.9. The standard InChI is InChI=1S/C16H23BrO2/c1-3-19-14-8-7-12(17)11-13(14)15(18)16(2)9-5-4-6-10-16/h7-8,11,15,18H,3-6,9-10H2,1-2H3. The topological polar surface area (TPSA) is 29.5 Å². The van der Waals surface area contributed by atoms with Crippen LogP contribution in [-0.4, -0.2) is 11.7 Å². The van der Waals surface area contributed by atoms with Crippen molar-refractivity contribution in [2.24, 2.45) is 5.41 Å². The fourth-order valence-corrected chi connectivity index (χ4v) is 3.41. The molecule has 1 atom stereocenters. The van der Waals surface area contributed by atoms with Crippen LogP contribution in [0.2, 0.25) is 0 Å². The minimum absolute atomic E-state index is 0.0229. The van der Waals surface area contributed by atoms with Crippen LogP contribution in [0.25, 0.3) is 0 Å². The summed E-state index contributed by atoms with van der Waals surface area (Å²) in [6.07, 6.45) is 5.45. The fraction of sp³-hybridized carbons (Fsp3) is 0.625. The fourth-order valence-electron chi connectivity index (χ4n) is 3.03. The highest BCUT2D eigenvalue weighted by Gasteiger charge is 2.36. The van der Waals surface area contributed by atoms with Crippen molar-refractivity contribution in [2.75, 3.05) is 6.61 Å². The van der Waals surface area contributed by atoms with E-state index in [9.17, 15) is 5.11 Å². The van der Waals surface area contributed by atoms with Gasteiger partial charge in [0.1, 0.15) is 5.75 Å². The molecule has 0 heterocycles. The number of rotatable bonds is 4. The Labute approximate surface area is 124 Å². The summed E-state index contributed by atoms with van der Waals surface area (Å²) >= 11 is 3.49. The molecule has 106 valence electrons. The zero-order valence-corrected chi connectivity index (χ0v) is 13.4. The van der Waals surface area contributed by atoms with Crippen molar-refractivity contribution in [1.82, 2.24) is 0 Å². The van der Waals surface area contributed by atoms with Gasteiger partial charge in [-0.3, -0.25) is 0 Å². The first-order chi connectivity index (χ1) is 9.07. The average molecular weight is 327 g/mol. The van der Waals surface area contributed by atoms with Gasteiger partial charge in [0.05, 0.1) is 12.7 Å². The second-order valence-corrected chi connectivity index (χ2v) is 6.65. The third-order valence-corrected chi connectivity index (χ3v) is 4.72. The Morgan fingerprint density at radius 1 is 1.32 bits per heavy atom. The van der Waals surface area contributed by atoms with Crippen molar-refractivity contribution in [3.05, 3.63) is 28.2 Å². The van der Waals surface area contributed by atoms with Crippen LogP contribution in [0.3, 0.4) is 0 Å². The van der Waals surface area contributed by atoms with E-state index in [1.807, 2.05) is 25.1 Å². The molecule has 1 aromatic rings. The Kier molecular flexibility index (Phi) is 4.91. The lowest BCUT2D eigenvalue weighted by molar-refractivity contribution is 0.00638. The molecule has 2 rings (SSSR count). The van der Waals surface area contributed by atoms with E-state index in [4.69, 9.17) is 4.74 Å². The molecular formula is C16H23BrO2. The average Bonchev–Trinajstić information content (AvgIpc) is 2.41. The van der Waals surface area contributed by atoms with Gasteiger partial charge in [0, 0.05) is 10.0 Å². The number of aliphatic hydroxyl groups excluding tert-OH is 1. The van der Waals surface area contributed by atoms with Gasteiger partial charge in [-0.15, -0.1) is 0 Å². The maximum Gasteiger partial charge on any atom is 0.125 e. The summed E-state index contributed by atoms with van der Waals surface area (Å²) in [5.74, 6) is 0.810. The maximum atomic E-state index is 10.8. The Hall–Kier alpha value is -0.540. The molecule has 19 heavy (non-hydrogen) atoms. The van der Waals surface area contributed by atoms with Crippen molar-refractivity contribution in [3.8, 4) is 5.75 Å². The predicted molar refractivity (Wildman–Crippen MR) is 81.5 cm³/mol. The number of hydrogen-bond acceptors (Lipinski definition) is 2. The molecule has 2 nitrogen and oxygen atoms in total. The lowest BCUT2D eigenvalue weighted by atomic mass is 9.70. The van der Waals surface area contributed by atoms with Gasteiger partial charge in [0.15, 0.2) is 0 Å². The molecule has 0 aliphatic heterocycles. The molecule has 0 spiro atoms. The normalized spacial score (nSPS) is 20.0. The van der Waals surface area contributed by atoms with E-state index in [1.54, 1.807) is 0 Å². The summed E-state index contributed by atoms with van der Waals surface area (Å²) in [4.78, 5) is 0. The predicted octanol–water partition coefficient (Wildman–Crippen LogP) is 4.85. The van der Waals surface area contributed by atoms with Crippen molar-refractivity contribution in [1.29, 1.82) is 0 Å². The van der Waals surface area contributed by atoms with Gasteiger partial charge >= 0.3 is 0 Å². The summed E-state index contributed by atoms with van der Waals surface area (Å²) in [5.41, 5.74) is 0.894. The Balaban J connectivity index is 2.30. The Bertz CT molecular complexity index is 425. The van der Waals surface area contributed by atoms with E-state index in [-0.39, 0.29) is 5.41 Å². The van der Waals surface area contributed by atoms with Crippen molar-refractivity contribution in [2.45, 2.75) is 52.1 Å². The van der Waals surface area contributed by atoms with Crippen molar-refractivity contribution >= 4 is 15.9 Å². The second kappa shape index (κ2) is 6.27. The minimum atomic E-state index is -0.452. The third-order valence-electron chi connectivity index (χ3n) is 4.22. The molecule has 0 amide bonds. The van der Waals surface area contributed by atoms with Crippen molar-refractivity contribution in [3.63, 3.8) is 0 Å². The van der Waals surface area contributed by atoms with E-state index in [2.05, 4.69) is 22.9 Å². The number of aliphatic hydroxyl groups is 1. The number of ether oxygens (including phenoxy) is 1. The minimum Gasteiger partial charge on any atom is -0.493 e. The van der Waals surface area contributed by atoms with Gasteiger partial charge in [-0.25, -0.2) is 0 Å². The monoisotopic (exact) mass is 326 g/mol. The van der Waals surface area contributed by atoms with Crippen LogP contribution in [0.5, 0.6) is 5.75 Å². The molecule has 0 radical (unpaired) electrons. The van der Waals surface area contributed by atoms with Gasteiger partial charge in [-0.1, -0.05) is 42.1 Å². The molecular weight excluding hydrogens is 304 g/mol.